The van der Waals surface area contributed by atoms with Crippen molar-refractivity contribution in [1.29, 1.82) is 0 Å². The molecule has 3 nitrogen and oxygen atoms in total. The maximum atomic E-state index is 6.37. The fourth-order valence-electron chi connectivity index (χ4n) is 4.56. The molecule has 0 amide bonds. The van der Waals surface area contributed by atoms with Crippen molar-refractivity contribution < 1.29 is 9.30 Å². The lowest BCUT2D eigenvalue weighted by Gasteiger charge is -2.36. The van der Waals surface area contributed by atoms with E-state index in [0.717, 1.165) is 24.3 Å². The number of rotatable bonds is 13. The summed E-state index contributed by atoms with van der Waals surface area (Å²) in [5.74, 6) is 2.25. The molecule has 0 spiro atoms. The van der Waals surface area contributed by atoms with Gasteiger partial charge in [-0.05, 0) is 43.4 Å². The second-order valence-corrected chi connectivity index (χ2v) is 9.30. The van der Waals surface area contributed by atoms with Crippen LogP contribution in [0.15, 0.2) is 18.7 Å². The molecular formula is C24H45N2O+. The minimum atomic E-state index is 0.428. The molecule has 1 aromatic rings. The second-order valence-electron chi connectivity index (χ2n) is 9.30. The van der Waals surface area contributed by atoms with Crippen LogP contribution in [-0.2, 0) is 18.0 Å². The quantitative estimate of drug-likeness (QED) is 0.289. The SMILES string of the molecule is CCCCCCCCCCn1cc[n+](CO[C@@H]2C[C@H](C)CC[C@H]2C(C)C)c1. The van der Waals surface area contributed by atoms with Crippen molar-refractivity contribution in [3.05, 3.63) is 18.7 Å². The fourth-order valence-corrected chi connectivity index (χ4v) is 4.56. The van der Waals surface area contributed by atoms with Crippen molar-refractivity contribution in [3.63, 3.8) is 0 Å². The standard InChI is InChI=1S/C24H45N2O/c1-5-6-7-8-9-10-11-12-15-25-16-17-26(19-25)20-27-24-18-22(4)13-14-23(24)21(2)3/h16-17,19,21-24H,5-15,18,20H2,1-4H3/q+1/t22-,23+,24-/m1/s1. The van der Waals surface area contributed by atoms with E-state index in [9.17, 15) is 0 Å². The zero-order valence-corrected chi connectivity index (χ0v) is 18.5. The van der Waals surface area contributed by atoms with Gasteiger partial charge in [0.2, 0.25) is 6.33 Å². The van der Waals surface area contributed by atoms with Crippen molar-refractivity contribution in [2.45, 2.75) is 118 Å². The van der Waals surface area contributed by atoms with E-state index in [1.54, 1.807) is 0 Å². The second kappa shape index (κ2) is 12.6. The van der Waals surface area contributed by atoms with Crippen LogP contribution in [0.2, 0.25) is 0 Å². The molecule has 3 heteroatoms. The lowest BCUT2D eigenvalue weighted by atomic mass is 9.75. The fraction of sp³-hybridized carbons (Fsp3) is 0.875. The molecule has 2 rings (SSSR count). The summed E-state index contributed by atoms with van der Waals surface area (Å²) in [6.45, 7) is 11.2. The summed E-state index contributed by atoms with van der Waals surface area (Å²) in [5.41, 5.74) is 0. The number of hydrogen-bond donors (Lipinski definition) is 0. The Morgan fingerprint density at radius 1 is 1.04 bits per heavy atom. The molecule has 1 heterocycles. The minimum Gasteiger partial charge on any atom is -0.338 e. The van der Waals surface area contributed by atoms with Gasteiger partial charge in [-0.3, -0.25) is 0 Å². The van der Waals surface area contributed by atoms with Crippen LogP contribution in [0.5, 0.6) is 0 Å². The van der Waals surface area contributed by atoms with Crippen LogP contribution < -0.4 is 4.57 Å². The Morgan fingerprint density at radius 3 is 2.44 bits per heavy atom. The Morgan fingerprint density at radius 2 is 1.74 bits per heavy atom. The summed E-state index contributed by atoms with van der Waals surface area (Å²) in [6.07, 6.45) is 22.0. The van der Waals surface area contributed by atoms with Gasteiger partial charge < -0.3 is 4.74 Å². The zero-order chi connectivity index (χ0) is 19.5. The average molecular weight is 378 g/mol. The molecule has 1 fully saturated rings. The van der Waals surface area contributed by atoms with E-state index in [4.69, 9.17) is 4.74 Å². The van der Waals surface area contributed by atoms with Gasteiger partial charge in [0.15, 0.2) is 6.73 Å². The van der Waals surface area contributed by atoms with Gasteiger partial charge in [0.1, 0.15) is 12.4 Å². The van der Waals surface area contributed by atoms with Gasteiger partial charge in [-0.1, -0.05) is 72.6 Å². The van der Waals surface area contributed by atoms with Crippen LogP contribution in [-0.4, -0.2) is 10.7 Å². The van der Waals surface area contributed by atoms with Gasteiger partial charge in [0, 0.05) is 0 Å². The smallest absolute Gasteiger partial charge is 0.245 e. The van der Waals surface area contributed by atoms with E-state index in [1.807, 2.05) is 0 Å². The minimum absolute atomic E-state index is 0.428. The number of nitrogens with zero attached hydrogens (tertiary/aromatic N) is 2. The third-order valence-corrected chi connectivity index (χ3v) is 6.42. The van der Waals surface area contributed by atoms with Crippen LogP contribution >= 0.6 is 0 Å². The highest BCUT2D eigenvalue weighted by atomic mass is 16.5. The average Bonchev–Trinajstić information content (AvgIpc) is 3.10. The van der Waals surface area contributed by atoms with Crippen molar-refractivity contribution in [3.8, 4) is 0 Å². The molecule has 156 valence electrons. The first-order valence-electron chi connectivity index (χ1n) is 11.8. The first-order valence-corrected chi connectivity index (χ1v) is 11.8. The first kappa shape index (κ1) is 22.5. The molecule has 0 unspecified atom stereocenters. The van der Waals surface area contributed by atoms with E-state index in [0.29, 0.717) is 12.8 Å². The third kappa shape index (κ3) is 8.37. The largest absolute Gasteiger partial charge is 0.338 e. The highest BCUT2D eigenvalue weighted by molar-refractivity contribution is 4.80. The molecule has 1 aromatic heterocycles. The molecule has 0 N–H and O–H groups in total. The number of ether oxygens (including phenoxy) is 1. The molecule has 1 saturated carbocycles. The molecule has 1 aliphatic rings. The van der Waals surface area contributed by atoms with Crippen LogP contribution in [0.25, 0.3) is 0 Å². The number of hydrogen-bond acceptors (Lipinski definition) is 1. The van der Waals surface area contributed by atoms with E-state index < -0.39 is 0 Å². The Bertz CT molecular complexity index is 496. The number of aryl methyl sites for hydroxylation is 1. The molecule has 0 aliphatic heterocycles. The molecular weight excluding hydrogens is 332 g/mol. The normalized spacial score (nSPS) is 23.2. The van der Waals surface area contributed by atoms with Crippen molar-refractivity contribution >= 4 is 0 Å². The maximum Gasteiger partial charge on any atom is 0.245 e. The first-order chi connectivity index (χ1) is 13.1. The Hall–Kier alpha value is -0.830. The van der Waals surface area contributed by atoms with Gasteiger partial charge in [-0.25, -0.2) is 9.13 Å². The Balaban J connectivity index is 1.63. The van der Waals surface area contributed by atoms with Gasteiger partial charge >= 0.3 is 0 Å². The zero-order valence-electron chi connectivity index (χ0n) is 18.5. The maximum absolute atomic E-state index is 6.37. The molecule has 3 atom stereocenters. The van der Waals surface area contributed by atoms with Crippen LogP contribution in [0, 0.1) is 17.8 Å². The number of imidazole rings is 1. The predicted molar refractivity (Wildman–Crippen MR) is 113 cm³/mol. The summed E-state index contributed by atoms with van der Waals surface area (Å²) in [4.78, 5) is 0. The van der Waals surface area contributed by atoms with E-state index in [-0.39, 0.29) is 0 Å². The molecule has 1 aliphatic carbocycles. The lowest BCUT2D eigenvalue weighted by Crippen LogP contribution is -2.40. The van der Waals surface area contributed by atoms with Gasteiger partial charge in [-0.15, -0.1) is 0 Å². The van der Waals surface area contributed by atoms with Crippen LogP contribution in [0.1, 0.15) is 98.3 Å². The summed E-state index contributed by atoms with van der Waals surface area (Å²) < 4.78 is 10.9. The van der Waals surface area contributed by atoms with Gasteiger partial charge in [0.05, 0.1) is 12.6 Å². The van der Waals surface area contributed by atoms with Crippen molar-refractivity contribution in [2.24, 2.45) is 17.8 Å². The lowest BCUT2D eigenvalue weighted by molar-refractivity contribution is -0.735. The third-order valence-electron chi connectivity index (χ3n) is 6.42. The van der Waals surface area contributed by atoms with E-state index in [2.05, 4.69) is 55.6 Å². The molecule has 0 aromatic carbocycles. The highest BCUT2D eigenvalue weighted by Crippen LogP contribution is 2.35. The van der Waals surface area contributed by atoms with Gasteiger partial charge in [0.25, 0.3) is 0 Å². The van der Waals surface area contributed by atoms with Crippen molar-refractivity contribution in [1.82, 2.24) is 4.57 Å². The molecule has 0 bridgehead atoms. The highest BCUT2D eigenvalue weighted by Gasteiger charge is 2.31. The summed E-state index contributed by atoms with van der Waals surface area (Å²) >= 11 is 0. The number of aromatic nitrogens is 2. The summed E-state index contributed by atoms with van der Waals surface area (Å²) in [5, 5.41) is 0. The topological polar surface area (TPSA) is 18.0 Å². The molecule has 0 radical (unpaired) electrons. The molecule has 27 heavy (non-hydrogen) atoms. The molecule has 0 saturated heterocycles. The summed E-state index contributed by atoms with van der Waals surface area (Å²) in [6, 6.07) is 0. The van der Waals surface area contributed by atoms with Crippen LogP contribution in [0.3, 0.4) is 0 Å². The van der Waals surface area contributed by atoms with Crippen molar-refractivity contribution in [2.75, 3.05) is 0 Å². The summed E-state index contributed by atoms with van der Waals surface area (Å²) in [7, 11) is 0. The van der Waals surface area contributed by atoms with E-state index in [1.165, 1.54) is 70.6 Å². The van der Waals surface area contributed by atoms with Gasteiger partial charge in [-0.2, -0.15) is 0 Å². The Labute approximate surface area is 168 Å². The number of unbranched alkanes of at least 4 members (excludes halogenated alkanes) is 7. The predicted octanol–water partition coefficient (Wildman–Crippen LogP) is 6.35. The Kier molecular flexibility index (Phi) is 10.5. The monoisotopic (exact) mass is 377 g/mol. The van der Waals surface area contributed by atoms with Crippen LogP contribution in [0.4, 0.5) is 0 Å². The van der Waals surface area contributed by atoms with E-state index >= 15 is 0 Å².